The Hall–Kier alpha value is -1.90. The molecule has 0 radical (unpaired) electrons. The normalized spacial score (nSPS) is 23.1. The monoisotopic (exact) mass is 272 g/mol. The van der Waals surface area contributed by atoms with Gasteiger partial charge in [-0.1, -0.05) is 12.1 Å². The van der Waals surface area contributed by atoms with E-state index in [9.17, 15) is 4.79 Å². The van der Waals surface area contributed by atoms with E-state index in [1.807, 2.05) is 0 Å². The topological polar surface area (TPSA) is 82.2 Å². The molecule has 2 rings (SSSR count). The fraction of sp³-hybridized carbons (Fsp3) is 0.467. The average molecular weight is 272 g/mol. The number of hydrogen-bond donors (Lipinski definition) is 2. The van der Waals surface area contributed by atoms with Crippen molar-refractivity contribution in [2.24, 2.45) is 5.73 Å². The third-order valence-corrected chi connectivity index (χ3v) is 3.72. The van der Waals surface area contributed by atoms with Crippen LogP contribution in [0.2, 0.25) is 0 Å². The Bertz CT molecular complexity index is 523. The van der Waals surface area contributed by atoms with Gasteiger partial charge in [0.25, 0.3) is 0 Å². The van der Waals surface area contributed by atoms with E-state index in [1.165, 1.54) is 0 Å². The number of hydrogen-bond acceptors (Lipinski definition) is 4. The Kier molecular flexibility index (Phi) is 4.72. The highest BCUT2D eigenvalue weighted by atomic mass is 16.2. The van der Waals surface area contributed by atoms with Crippen LogP contribution >= 0.6 is 0 Å². The van der Waals surface area contributed by atoms with Crippen LogP contribution < -0.4 is 11.1 Å². The highest BCUT2D eigenvalue weighted by molar-refractivity contribution is 5.93. The molecule has 1 fully saturated rings. The molecule has 1 aliphatic rings. The molecule has 0 saturated carbocycles. The quantitative estimate of drug-likeness (QED) is 0.869. The summed E-state index contributed by atoms with van der Waals surface area (Å²) >= 11 is 0. The molecule has 5 nitrogen and oxygen atoms in total. The first-order valence-electron chi connectivity index (χ1n) is 6.88. The van der Waals surface area contributed by atoms with E-state index in [1.54, 1.807) is 24.3 Å². The number of rotatable bonds is 3. The highest BCUT2D eigenvalue weighted by Gasteiger charge is 2.24. The molecule has 1 aromatic carbocycles. The second-order valence-corrected chi connectivity index (χ2v) is 5.31. The van der Waals surface area contributed by atoms with Crippen LogP contribution in [0.25, 0.3) is 0 Å². The number of benzene rings is 1. The van der Waals surface area contributed by atoms with Gasteiger partial charge in [0.05, 0.1) is 17.8 Å². The van der Waals surface area contributed by atoms with E-state index in [0.29, 0.717) is 23.8 Å². The van der Waals surface area contributed by atoms with Crippen molar-refractivity contribution in [1.29, 1.82) is 5.26 Å². The van der Waals surface area contributed by atoms with Gasteiger partial charge in [0.1, 0.15) is 6.07 Å². The zero-order chi connectivity index (χ0) is 14.5. The van der Waals surface area contributed by atoms with Crippen molar-refractivity contribution >= 4 is 11.6 Å². The van der Waals surface area contributed by atoms with Gasteiger partial charge in [-0.25, -0.2) is 0 Å². The summed E-state index contributed by atoms with van der Waals surface area (Å²) in [5.41, 5.74) is 6.97. The third-order valence-electron chi connectivity index (χ3n) is 3.72. The van der Waals surface area contributed by atoms with Crippen LogP contribution in [0.4, 0.5) is 5.69 Å². The van der Waals surface area contributed by atoms with Crippen LogP contribution in [-0.2, 0) is 4.79 Å². The number of nitrogens with one attached hydrogen (secondary N) is 1. The molecule has 3 N–H and O–H groups in total. The van der Waals surface area contributed by atoms with Gasteiger partial charge in [0.2, 0.25) is 5.91 Å². The van der Waals surface area contributed by atoms with Gasteiger partial charge >= 0.3 is 0 Å². The number of amides is 1. The minimum Gasteiger partial charge on any atom is -0.328 e. The number of carbonyl (C=O) groups excluding carboxylic acids is 1. The van der Waals surface area contributed by atoms with Crippen molar-refractivity contribution in [3.8, 4) is 6.07 Å². The highest BCUT2D eigenvalue weighted by Crippen LogP contribution is 2.17. The lowest BCUT2D eigenvalue weighted by molar-refractivity contribution is -0.118. The van der Waals surface area contributed by atoms with Crippen LogP contribution in [0.3, 0.4) is 0 Å². The van der Waals surface area contributed by atoms with Gasteiger partial charge in [0, 0.05) is 18.6 Å². The lowest BCUT2D eigenvalue weighted by Gasteiger charge is -2.35. The van der Waals surface area contributed by atoms with Crippen molar-refractivity contribution < 1.29 is 4.79 Å². The summed E-state index contributed by atoms with van der Waals surface area (Å²) in [6.07, 6.45) is 1.84. The summed E-state index contributed by atoms with van der Waals surface area (Å²) in [5.74, 6) is -0.0879. The number of carbonyl (C=O) groups is 1. The molecule has 1 amide bonds. The largest absolute Gasteiger partial charge is 0.328 e. The molecular formula is C15H20N4O. The first-order chi connectivity index (χ1) is 9.60. The number of nitrogens with zero attached hydrogens (tertiary/aromatic N) is 2. The fourth-order valence-corrected chi connectivity index (χ4v) is 2.56. The Morgan fingerprint density at radius 1 is 1.55 bits per heavy atom. The standard InChI is InChI=1S/C15H20N4O/c1-11-8-13(17)6-7-19(11)10-15(20)18-14-5-3-2-4-12(14)9-16/h2-5,11,13H,6-8,10,17H2,1H3,(H,18,20). The summed E-state index contributed by atoms with van der Waals surface area (Å²) in [4.78, 5) is 14.2. The molecule has 2 atom stereocenters. The van der Waals surface area contributed by atoms with Crippen molar-refractivity contribution in [3.63, 3.8) is 0 Å². The van der Waals surface area contributed by atoms with Gasteiger partial charge in [-0.3, -0.25) is 9.69 Å². The molecule has 0 aliphatic carbocycles. The molecule has 0 spiro atoms. The van der Waals surface area contributed by atoms with Crippen LogP contribution in [0.15, 0.2) is 24.3 Å². The molecular weight excluding hydrogens is 252 g/mol. The van der Waals surface area contributed by atoms with Crippen molar-refractivity contribution in [1.82, 2.24) is 4.90 Å². The summed E-state index contributed by atoms with van der Waals surface area (Å²) in [6.45, 7) is 3.28. The molecule has 0 aromatic heterocycles. The Labute approximate surface area is 119 Å². The van der Waals surface area contributed by atoms with E-state index < -0.39 is 0 Å². The number of nitriles is 1. The number of nitrogens with two attached hydrogens (primary N) is 1. The van der Waals surface area contributed by atoms with Gasteiger partial charge in [-0.05, 0) is 31.9 Å². The SMILES string of the molecule is CC1CC(N)CCN1CC(=O)Nc1ccccc1C#N. The van der Waals surface area contributed by atoms with Gasteiger partial charge in [-0.2, -0.15) is 5.26 Å². The number of piperidine rings is 1. The smallest absolute Gasteiger partial charge is 0.238 e. The Morgan fingerprint density at radius 2 is 2.30 bits per heavy atom. The van der Waals surface area contributed by atoms with Gasteiger partial charge in [0.15, 0.2) is 0 Å². The molecule has 1 saturated heterocycles. The fourth-order valence-electron chi connectivity index (χ4n) is 2.56. The molecule has 20 heavy (non-hydrogen) atoms. The zero-order valence-electron chi connectivity index (χ0n) is 11.7. The van der Waals surface area contributed by atoms with E-state index in [0.717, 1.165) is 19.4 Å². The van der Waals surface area contributed by atoms with Crippen molar-refractivity contribution in [3.05, 3.63) is 29.8 Å². The summed E-state index contributed by atoms with van der Waals surface area (Å²) in [6, 6.07) is 9.65. The van der Waals surface area contributed by atoms with E-state index in [2.05, 4.69) is 23.2 Å². The molecule has 1 aromatic rings. The van der Waals surface area contributed by atoms with Crippen LogP contribution in [0.5, 0.6) is 0 Å². The third kappa shape index (κ3) is 3.56. The Morgan fingerprint density at radius 3 is 3.00 bits per heavy atom. The van der Waals surface area contributed by atoms with Crippen molar-refractivity contribution in [2.45, 2.75) is 31.8 Å². The Balaban J connectivity index is 1.94. The van der Waals surface area contributed by atoms with Crippen LogP contribution in [0.1, 0.15) is 25.3 Å². The predicted octanol–water partition coefficient (Wildman–Crippen LogP) is 1.31. The second kappa shape index (κ2) is 6.51. The maximum absolute atomic E-state index is 12.1. The van der Waals surface area contributed by atoms with Crippen LogP contribution in [-0.4, -0.2) is 36.0 Å². The van der Waals surface area contributed by atoms with E-state index in [4.69, 9.17) is 11.0 Å². The molecule has 1 aliphatic heterocycles. The maximum atomic E-state index is 12.1. The minimum atomic E-state index is -0.0879. The average Bonchev–Trinajstić information content (AvgIpc) is 2.42. The summed E-state index contributed by atoms with van der Waals surface area (Å²) in [5, 5.41) is 11.8. The summed E-state index contributed by atoms with van der Waals surface area (Å²) < 4.78 is 0. The van der Waals surface area contributed by atoms with Gasteiger partial charge in [-0.15, -0.1) is 0 Å². The molecule has 2 unspecified atom stereocenters. The maximum Gasteiger partial charge on any atom is 0.238 e. The summed E-state index contributed by atoms with van der Waals surface area (Å²) in [7, 11) is 0. The van der Waals surface area contributed by atoms with Crippen LogP contribution in [0, 0.1) is 11.3 Å². The van der Waals surface area contributed by atoms with E-state index >= 15 is 0 Å². The lowest BCUT2D eigenvalue weighted by Crippen LogP contribution is -2.48. The molecule has 1 heterocycles. The first kappa shape index (κ1) is 14.5. The number of likely N-dealkylation sites (tertiary alicyclic amines) is 1. The molecule has 0 bridgehead atoms. The van der Waals surface area contributed by atoms with E-state index in [-0.39, 0.29) is 11.9 Å². The minimum absolute atomic E-state index is 0.0879. The molecule has 106 valence electrons. The lowest BCUT2D eigenvalue weighted by atomic mass is 9.99. The zero-order valence-corrected chi connectivity index (χ0v) is 11.7. The van der Waals surface area contributed by atoms with Gasteiger partial charge < -0.3 is 11.1 Å². The second-order valence-electron chi connectivity index (χ2n) is 5.31. The van der Waals surface area contributed by atoms with Crippen molar-refractivity contribution in [2.75, 3.05) is 18.4 Å². The number of para-hydroxylation sites is 1. The predicted molar refractivity (Wildman–Crippen MR) is 78.0 cm³/mol. The molecule has 5 heteroatoms. The number of anilines is 1. The first-order valence-corrected chi connectivity index (χ1v) is 6.88.